The molecule has 0 aromatic heterocycles. The summed E-state index contributed by atoms with van der Waals surface area (Å²) in [5, 5.41) is 3.58. The van der Waals surface area contributed by atoms with Crippen LogP contribution in [0.3, 0.4) is 0 Å². The van der Waals surface area contributed by atoms with E-state index in [4.69, 9.17) is 4.74 Å². The van der Waals surface area contributed by atoms with E-state index in [1.165, 1.54) is 30.2 Å². The van der Waals surface area contributed by atoms with Crippen LogP contribution in [0.15, 0.2) is 37.1 Å². The fraction of sp³-hybridized carbons (Fsp3) is 0.500. The molecule has 1 aromatic rings. The summed E-state index contributed by atoms with van der Waals surface area (Å²) < 4.78 is 5.09. The van der Waals surface area contributed by atoms with Gasteiger partial charge in [0.1, 0.15) is 0 Å². The van der Waals surface area contributed by atoms with E-state index in [0.717, 1.165) is 25.5 Å². The lowest BCUT2D eigenvalue weighted by Crippen LogP contribution is -2.40. The van der Waals surface area contributed by atoms with Crippen LogP contribution >= 0.6 is 0 Å². The summed E-state index contributed by atoms with van der Waals surface area (Å²) in [5.41, 5.74) is 2.87. The molecule has 18 heavy (non-hydrogen) atoms. The highest BCUT2D eigenvalue weighted by atomic mass is 16.5. The minimum absolute atomic E-state index is 0.694. The third kappa shape index (κ3) is 3.61. The summed E-state index contributed by atoms with van der Waals surface area (Å²) in [6.07, 6.45) is 5.10. The summed E-state index contributed by atoms with van der Waals surface area (Å²) in [4.78, 5) is 0. The van der Waals surface area contributed by atoms with E-state index in [2.05, 4.69) is 43.1 Å². The second-order valence-electron chi connectivity index (χ2n) is 5.12. The average Bonchev–Trinajstić information content (AvgIpc) is 2.31. The van der Waals surface area contributed by atoms with Crippen molar-refractivity contribution in [1.82, 2.24) is 5.32 Å². The van der Waals surface area contributed by atoms with Gasteiger partial charge in [0, 0.05) is 6.04 Å². The van der Waals surface area contributed by atoms with E-state index in [0.29, 0.717) is 6.04 Å². The highest BCUT2D eigenvalue weighted by Crippen LogP contribution is 2.36. The molecule has 98 valence electrons. The van der Waals surface area contributed by atoms with Crippen LogP contribution in [0.4, 0.5) is 0 Å². The van der Waals surface area contributed by atoms with Crippen LogP contribution in [0.2, 0.25) is 0 Å². The summed E-state index contributed by atoms with van der Waals surface area (Å²) >= 11 is 0. The Morgan fingerprint density at radius 1 is 1.44 bits per heavy atom. The number of nitrogens with one attached hydrogen (secondary N) is 1. The van der Waals surface area contributed by atoms with Crippen molar-refractivity contribution in [2.45, 2.75) is 38.1 Å². The molecule has 2 nitrogen and oxygen atoms in total. The second-order valence-corrected chi connectivity index (χ2v) is 5.12. The normalized spacial score (nSPS) is 22.3. The number of benzene rings is 1. The first kappa shape index (κ1) is 13.2. The average molecular weight is 245 g/mol. The molecule has 0 unspecified atom stereocenters. The van der Waals surface area contributed by atoms with Crippen LogP contribution in [-0.4, -0.2) is 19.2 Å². The summed E-state index contributed by atoms with van der Waals surface area (Å²) in [6.45, 7) is 7.50. The van der Waals surface area contributed by atoms with Crippen molar-refractivity contribution in [3.8, 4) is 0 Å². The maximum atomic E-state index is 5.09. The van der Waals surface area contributed by atoms with Crippen LogP contribution in [0.1, 0.15) is 36.3 Å². The van der Waals surface area contributed by atoms with Crippen molar-refractivity contribution in [1.29, 1.82) is 0 Å². The zero-order valence-electron chi connectivity index (χ0n) is 11.2. The molecule has 0 heterocycles. The first-order valence-electron chi connectivity index (χ1n) is 6.82. The topological polar surface area (TPSA) is 21.3 Å². The van der Waals surface area contributed by atoms with Crippen LogP contribution in [0, 0.1) is 6.92 Å². The molecule has 0 saturated heterocycles. The van der Waals surface area contributed by atoms with E-state index < -0.39 is 0 Å². The zero-order valence-corrected chi connectivity index (χ0v) is 11.2. The Morgan fingerprint density at radius 2 is 2.28 bits per heavy atom. The molecule has 2 heteroatoms. The quantitative estimate of drug-likeness (QED) is 0.587. The minimum atomic E-state index is 0.694. The van der Waals surface area contributed by atoms with Gasteiger partial charge in [0.15, 0.2) is 0 Å². The first-order chi connectivity index (χ1) is 8.79. The summed E-state index contributed by atoms with van der Waals surface area (Å²) in [7, 11) is 0. The van der Waals surface area contributed by atoms with Gasteiger partial charge in [0.05, 0.1) is 12.9 Å². The molecule has 0 aliphatic heterocycles. The van der Waals surface area contributed by atoms with Gasteiger partial charge in [-0.1, -0.05) is 36.4 Å². The lowest BCUT2D eigenvalue weighted by Gasteiger charge is -2.36. The molecule has 0 atom stereocenters. The van der Waals surface area contributed by atoms with Crippen molar-refractivity contribution in [3.63, 3.8) is 0 Å². The Hall–Kier alpha value is -1.28. The largest absolute Gasteiger partial charge is 0.502 e. The van der Waals surface area contributed by atoms with Gasteiger partial charge in [-0.25, -0.2) is 0 Å². The highest BCUT2D eigenvalue weighted by Gasteiger charge is 2.29. The third-order valence-corrected chi connectivity index (χ3v) is 3.64. The molecule has 0 amide bonds. The molecular formula is C16H23NO. The van der Waals surface area contributed by atoms with E-state index in [9.17, 15) is 0 Å². The number of hydrogen-bond donors (Lipinski definition) is 1. The number of rotatable bonds is 7. The fourth-order valence-electron chi connectivity index (χ4n) is 2.53. The SMILES string of the molecule is C=COCCCNC1CC(c2cccc(C)c2)C1. The Balaban J connectivity index is 1.63. The minimum Gasteiger partial charge on any atom is -0.502 e. The molecule has 1 aliphatic carbocycles. The van der Waals surface area contributed by atoms with Gasteiger partial charge in [-0.2, -0.15) is 0 Å². The smallest absolute Gasteiger partial charge is 0.0885 e. The van der Waals surface area contributed by atoms with Crippen LogP contribution < -0.4 is 5.32 Å². The monoisotopic (exact) mass is 245 g/mol. The molecule has 1 fully saturated rings. The zero-order chi connectivity index (χ0) is 12.8. The third-order valence-electron chi connectivity index (χ3n) is 3.64. The molecule has 0 spiro atoms. The van der Waals surface area contributed by atoms with E-state index >= 15 is 0 Å². The van der Waals surface area contributed by atoms with Gasteiger partial charge in [0.2, 0.25) is 0 Å². The van der Waals surface area contributed by atoms with Gasteiger partial charge in [-0.05, 0) is 44.2 Å². The molecule has 1 N–H and O–H groups in total. The Labute approximate surface area is 110 Å². The van der Waals surface area contributed by atoms with Gasteiger partial charge in [0.25, 0.3) is 0 Å². The van der Waals surface area contributed by atoms with Gasteiger partial charge in [-0.15, -0.1) is 0 Å². The van der Waals surface area contributed by atoms with E-state index in [1.54, 1.807) is 0 Å². The summed E-state index contributed by atoms with van der Waals surface area (Å²) in [6, 6.07) is 9.60. The van der Waals surface area contributed by atoms with Crippen molar-refractivity contribution in [2.75, 3.05) is 13.2 Å². The maximum absolute atomic E-state index is 5.09. The van der Waals surface area contributed by atoms with Gasteiger partial charge in [-0.3, -0.25) is 0 Å². The standard InChI is InChI=1S/C16H23NO/c1-3-18-9-5-8-17-16-11-15(12-16)14-7-4-6-13(2)10-14/h3-4,6-7,10,15-17H,1,5,8-9,11-12H2,2H3. The van der Waals surface area contributed by atoms with Gasteiger partial charge < -0.3 is 10.1 Å². The maximum Gasteiger partial charge on any atom is 0.0885 e. The van der Waals surface area contributed by atoms with Crippen molar-refractivity contribution < 1.29 is 4.74 Å². The Morgan fingerprint density at radius 3 is 3.00 bits per heavy atom. The molecule has 1 aliphatic rings. The van der Waals surface area contributed by atoms with Crippen molar-refractivity contribution in [2.24, 2.45) is 0 Å². The highest BCUT2D eigenvalue weighted by molar-refractivity contribution is 5.27. The lowest BCUT2D eigenvalue weighted by molar-refractivity contribution is 0.232. The Bertz CT molecular complexity index is 382. The second kappa shape index (κ2) is 6.60. The predicted octanol–water partition coefficient (Wildman–Crippen LogP) is 3.38. The number of ether oxygens (including phenoxy) is 1. The number of aryl methyl sites for hydroxylation is 1. The molecule has 1 saturated carbocycles. The molecule has 0 bridgehead atoms. The molecule has 0 radical (unpaired) electrons. The van der Waals surface area contributed by atoms with Crippen LogP contribution in [0.25, 0.3) is 0 Å². The number of hydrogen-bond acceptors (Lipinski definition) is 2. The van der Waals surface area contributed by atoms with Gasteiger partial charge >= 0.3 is 0 Å². The lowest BCUT2D eigenvalue weighted by atomic mass is 9.75. The van der Waals surface area contributed by atoms with Crippen molar-refractivity contribution >= 4 is 0 Å². The fourth-order valence-corrected chi connectivity index (χ4v) is 2.53. The Kier molecular flexibility index (Phi) is 4.82. The molecular weight excluding hydrogens is 222 g/mol. The molecule has 1 aromatic carbocycles. The van der Waals surface area contributed by atoms with Crippen LogP contribution in [-0.2, 0) is 4.74 Å². The van der Waals surface area contributed by atoms with Crippen molar-refractivity contribution in [3.05, 3.63) is 48.2 Å². The van der Waals surface area contributed by atoms with E-state index in [-0.39, 0.29) is 0 Å². The summed E-state index contributed by atoms with van der Waals surface area (Å²) in [5.74, 6) is 0.756. The molecule has 2 rings (SSSR count). The van der Waals surface area contributed by atoms with E-state index in [1.807, 2.05) is 0 Å². The predicted molar refractivity (Wildman–Crippen MR) is 75.7 cm³/mol. The first-order valence-corrected chi connectivity index (χ1v) is 6.82. The van der Waals surface area contributed by atoms with Crippen LogP contribution in [0.5, 0.6) is 0 Å².